The van der Waals surface area contributed by atoms with Crippen LogP contribution in [0.4, 0.5) is 5.82 Å². The molecular formula is C18H23N7O3S. The van der Waals surface area contributed by atoms with E-state index in [1.807, 2.05) is 16.6 Å². The summed E-state index contributed by atoms with van der Waals surface area (Å²) >= 11 is 0. The van der Waals surface area contributed by atoms with Gasteiger partial charge in [0.1, 0.15) is 16.4 Å². The lowest BCUT2D eigenvalue weighted by molar-refractivity contribution is 0.310. The second-order valence-corrected chi connectivity index (χ2v) is 9.57. The molecule has 10 nitrogen and oxygen atoms in total. The van der Waals surface area contributed by atoms with Crippen LogP contribution in [-0.2, 0) is 10.0 Å². The summed E-state index contributed by atoms with van der Waals surface area (Å²) in [6.45, 7) is 6.15. The lowest BCUT2D eigenvalue weighted by Crippen LogP contribution is -2.39. The number of nitrogens with zero attached hydrogens (tertiary/aromatic N) is 7. The van der Waals surface area contributed by atoms with Crippen LogP contribution in [0.1, 0.15) is 42.5 Å². The molecule has 3 aromatic heterocycles. The van der Waals surface area contributed by atoms with Crippen molar-refractivity contribution in [3.8, 4) is 0 Å². The molecule has 0 bridgehead atoms. The minimum Gasteiger partial charge on any atom is -0.360 e. The van der Waals surface area contributed by atoms with Crippen molar-refractivity contribution in [2.45, 2.75) is 43.9 Å². The minimum absolute atomic E-state index is 0.111. The van der Waals surface area contributed by atoms with Gasteiger partial charge < -0.3 is 9.42 Å². The van der Waals surface area contributed by atoms with Crippen molar-refractivity contribution >= 4 is 21.5 Å². The van der Waals surface area contributed by atoms with Gasteiger partial charge in [-0.2, -0.15) is 8.82 Å². The Morgan fingerprint density at radius 1 is 1.07 bits per heavy atom. The summed E-state index contributed by atoms with van der Waals surface area (Å²) < 4.78 is 34.4. The smallest absolute Gasteiger partial charge is 0.248 e. The molecule has 0 N–H and O–H groups in total. The highest BCUT2D eigenvalue weighted by Crippen LogP contribution is 2.32. The summed E-state index contributed by atoms with van der Waals surface area (Å²) in [5.41, 5.74) is 1.12. The van der Waals surface area contributed by atoms with E-state index in [1.54, 1.807) is 13.8 Å². The van der Waals surface area contributed by atoms with Gasteiger partial charge in [0.15, 0.2) is 17.2 Å². The molecule has 0 aliphatic carbocycles. The number of sulfonamides is 1. The van der Waals surface area contributed by atoms with Gasteiger partial charge in [-0.15, -0.1) is 15.3 Å². The van der Waals surface area contributed by atoms with Gasteiger partial charge in [-0.3, -0.25) is 0 Å². The van der Waals surface area contributed by atoms with E-state index in [4.69, 9.17) is 9.62 Å². The third-order valence-electron chi connectivity index (χ3n) is 5.84. The van der Waals surface area contributed by atoms with Gasteiger partial charge in [-0.05, 0) is 45.2 Å². The van der Waals surface area contributed by atoms with E-state index in [0.29, 0.717) is 37.4 Å². The van der Waals surface area contributed by atoms with E-state index in [2.05, 4.69) is 20.3 Å². The fraction of sp³-hybridized carbons (Fsp3) is 0.556. The molecule has 0 saturated carbocycles. The van der Waals surface area contributed by atoms with Gasteiger partial charge >= 0.3 is 0 Å². The molecule has 0 unspecified atom stereocenters. The lowest BCUT2D eigenvalue weighted by atomic mass is 9.97. The second kappa shape index (κ2) is 6.77. The predicted octanol–water partition coefficient (Wildman–Crippen LogP) is 1.51. The zero-order chi connectivity index (χ0) is 20.2. The maximum Gasteiger partial charge on any atom is 0.248 e. The second-order valence-electron chi connectivity index (χ2n) is 7.69. The number of aryl methyl sites for hydroxylation is 2. The number of hydrogen-bond donors (Lipinski definition) is 0. The predicted molar refractivity (Wildman–Crippen MR) is 104 cm³/mol. The number of anilines is 1. The monoisotopic (exact) mass is 417 g/mol. The molecule has 0 spiro atoms. The largest absolute Gasteiger partial charge is 0.360 e. The van der Waals surface area contributed by atoms with Crippen LogP contribution in [-0.4, -0.2) is 63.9 Å². The van der Waals surface area contributed by atoms with Crippen LogP contribution in [0, 0.1) is 13.8 Å². The zero-order valence-corrected chi connectivity index (χ0v) is 17.3. The fourth-order valence-corrected chi connectivity index (χ4v) is 5.85. The standard InChI is InChI=1S/C18H23N7O3S/c1-12-17(13(2)28-22-12)29(26,27)24-10-6-14(7-11-24)18-20-19-15-4-5-16(21-25(15)18)23-8-3-9-23/h4-5,14H,3,6-11H2,1-2H3. The van der Waals surface area contributed by atoms with E-state index in [9.17, 15) is 8.42 Å². The average molecular weight is 417 g/mol. The molecule has 0 atom stereocenters. The highest BCUT2D eigenvalue weighted by atomic mass is 32.2. The lowest BCUT2D eigenvalue weighted by Gasteiger charge is -2.32. The zero-order valence-electron chi connectivity index (χ0n) is 16.4. The highest BCUT2D eigenvalue weighted by Gasteiger charge is 2.35. The molecule has 5 heterocycles. The molecule has 29 heavy (non-hydrogen) atoms. The molecular weight excluding hydrogens is 394 g/mol. The van der Waals surface area contributed by atoms with Crippen LogP contribution in [0.5, 0.6) is 0 Å². The number of rotatable bonds is 4. The summed E-state index contributed by atoms with van der Waals surface area (Å²) in [6.07, 6.45) is 2.52. The molecule has 2 fully saturated rings. The Bertz CT molecular complexity index is 1140. The Kier molecular flexibility index (Phi) is 4.32. The van der Waals surface area contributed by atoms with Gasteiger partial charge in [-0.25, -0.2) is 8.42 Å². The van der Waals surface area contributed by atoms with Crippen molar-refractivity contribution in [1.29, 1.82) is 0 Å². The Morgan fingerprint density at radius 2 is 1.83 bits per heavy atom. The van der Waals surface area contributed by atoms with Crippen LogP contribution in [0.15, 0.2) is 21.6 Å². The molecule has 5 rings (SSSR count). The average Bonchev–Trinajstić information content (AvgIpc) is 3.23. The molecule has 154 valence electrons. The maximum absolute atomic E-state index is 13.0. The van der Waals surface area contributed by atoms with Crippen molar-refractivity contribution < 1.29 is 12.9 Å². The van der Waals surface area contributed by atoms with Crippen LogP contribution >= 0.6 is 0 Å². The summed E-state index contributed by atoms with van der Waals surface area (Å²) in [4.78, 5) is 2.41. The van der Waals surface area contributed by atoms with Gasteiger partial charge in [0, 0.05) is 32.1 Å². The van der Waals surface area contributed by atoms with Crippen molar-refractivity contribution in [2.24, 2.45) is 0 Å². The number of hydrogen-bond acceptors (Lipinski definition) is 8. The first-order valence-electron chi connectivity index (χ1n) is 9.85. The van der Waals surface area contributed by atoms with E-state index >= 15 is 0 Å². The third-order valence-corrected chi connectivity index (χ3v) is 7.98. The number of fused-ring (bicyclic) bond motifs is 1. The van der Waals surface area contributed by atoms with E-state index in [-0.39, 0.29) is 10.8 Å². The van der Waals surface area contributed by atoms with Gasteiger partial charge in [0.05, 0.1) is 0 Å². The van der Waals surface area contributed by atoms with E-state index < -0.39 is 10.0 Å². The van der Waals surface area contributed by atoms with Gasteiger partial charge in [-0.1, -0.05) is 5.16 Å². The SMILES string of the molecule is Cc1noc(C)c1S(=O)(=O)N1CCC(c2nnc3ccc(N4CCC4)nn23)CC1. The van der Waals surface area contributed by atoms with E-state index in [0.717, 1.165) is 30.4 Å². The fourth-order valence-electron chi connectivity index (χ4n) is 4.09. The first-order chi connectivity index (χ1) is 13.9. The topological polar surface area (TPSA) is 110 Å². The first-order valence-corrected chi connectivity index (χ1v) is 11.3. The minimum atomic E-state index is -3.62. The van der Waals surface area contributed by atoms with Crippen LogP contribution in [0.3, 0.4) is 0 Å². The van der Waals surface area contributed by atoms with Gasteiger partial charge in [0.2, 0.25) is 10.0 Å². The molecule has 3 aromatic rings. The Balaban J connectivity index is 1.37. The van der Waals surface area contributed by atoms with Crippen LogP contribution in [0.25, 0.3) is 5.65 Å². The van der Waals surface area contributed by atoms with Crippen molar-refractivity contribution in [2.75, 3.05) is 31.1 Å². The summed E-state index contributed by atoms with van der Waals surface area (Å²) in [7, 11) is -3.62. The maximum atomic E-state index is 13.0. The number of piperidine rings is 1. The first kappa shape index (κ1) is 18.5. The highest BCUT2D eigenvalue weighted by molar-refractivity contribution is 7.89. The molecule has 11 heteroatoms. The molecule has 0 radical (unpaired) electrons. The summed E-state index contributed by atoms with van der Waals surface area (Å²) in [6, 6.07) is 3.92. The van der Waals surface area contributed by atoms with Crippen molar-refractivity contribution in [1.82, 2.24) is 29.3 Å². The summed E-state index contributed by atoms with van der Waals surface area (Å²) in [5, 5.41) is 17.1. The van der Waals surface area contributed by atoms with Crippen molar-refractivity contribution in [3.63, 3.8) is 0 Å². The molecule has 2 aliphatic heterocycles. The molecule has 2 saturated heterocycles. The Morgan fingerprint density at radius 3 is 2.45 bits per heavy atom. The Hall–Kier alpha value is -2.53. The number of aromatic nitrogens is 5. The molecule has 0 aromatic carbocycles. The van der Waals surface area contributed by atoms with Crippen molar-refractivity contribution in [3.05, 3.63) is 29.4 Å². The van der Waals surface area contributed by atoms with E-state index in [1.165, 1.54) is 10.7 Å². The van der Waals surface area contributed by atoms with Crippen LogP contribution < -0.4 is 4.90 Å². The molecule has 2 aliphatic rings. The Labute approximate surface area is 168 Å². The normalized spacial score (nSPS) is 19.0. The third kappa shape index (κ3) is 2.99. The quantitative estimate of drug-likeness (QED) is 0.628. The summed E-state index contributed by atoms with van der Waals surface area (Å²) in [5.74, 6) is 2.18. The van der Waals surface area contributed by atoms with Gasteiger partial charge in [0.25, 0.3) is 0 Å². The van der Waals surface area contributed by atoms with Crippen LogP contribution in [0.2, 0.25) is 0 Å². The molecule has 0 amide bonds.